The van der Waals surface area contributed by atoms with Gasteiger partial charge in [-0.2, -0.15) is 5.10 Å². The van der Waals surface area contributed by atoms with Crippen LogP contribution in [-0.4, -0.2) is 46.3 Å². The molecule has 3 rings (SSSR count). The number of likely N-dealkylation sites (tertiary alicyclic amines) is 1. The van der Waals surface area contributed by atoms with Crippen LogP contribution in [0.1, 0.15) is 29.5 Å². The van der Waals surface area contributed by atoms with E-state index < -0.39 is 0 Å². The summed E-state index contributed by atoms with van der Waals surface area (Å²) in [4.78, 5) is 14.7. The predicted molar refractivity (Wildman–Crippen MR) is 68.4 cm³/mol. The second-order valence-corrected chi connectivity index (χ2v) is 5.26. The molecule has 0 radical (unpaired) electrons. The highest BCUT2D eigenvalue weighted by Gasteiger charge is 2.40. The number of rotatable bonds is 2. The van der Waals surface area contributed by atoms with E-state index in [1.165, 1.54) is 0 Å². The fraction of sp³-hybridized carbons (Fsp3) is 0.692. The van der Waals surface area contributed by atoms with E-state index in [1.54, 1.807) is 0 Å². The van der Waals surface area contributed by atoms with Gasteiger partial charge in [0, 0.05) is 32.2 Å². The summed E-state index contributed by atoms with van der Waals surface area (Å²) < 4.78 is 1.81. The number of carbonyl (C=O) groups excluding carboxylic acids is 1. The minimum Gasteiger partial charge on any atom is -0.333 e. The first kappa shape index (κ1) is 11.7. The number of aromatic nitrogens is 2. The topological polar surface area (TPSA) is 50.2 Å². The first-order valence-corrected chi connectivity index (χ1v) is 6.77. The van der Waals surface area contributed by atoms with E-state index in [0.717, 1.165) is 44.0 Å². The van der Waals surface area contributed by atoms with Crippen molar-refractivity contribution >= 4 is 5.91 Å². The average molecular weight is 248 g/mol. The molecule has 2 aliphatic heterocycles. The summed E-state index contributed by atoms with van der Waals surface area (Å²) in [5.74, 6) is 0.793. The Bertz CT molecular complexity index is 468. The van der Waals surface area contributed by atoms with Crippen LogP contribution in [0.25, 0.3) is 0 Å². The highest BCUT2D eigenvalue weighted by Crippen LogP contribution is 2.28. The van der Waals surface area contributed by atoms with Gasteiger partial charge in [0.05, 0.1) is 5.69 Å². The summed E-state index contributed by atoms with van der Waals surface area (Å²) in [6, 6.07) is 2.29. The van der Waals surface area contributed by atoms with Crippen LogP contribution in [0.3, 0.4) is 0 Å². The van der Waals surface area contributed by atoms with Crippen LogP contribution < -0.4 is 5.32 Å². The number of nitrogens with zero attached hydrogens (tertiary/aromatic N) is 3. The quantitative estimate of drug-likeness (QED) is 0.836. The van der Waals surface area contributed by atoms with Crippen LogP contribution >= 0.6 is 0 Å². The predicted octanol–water partition coefficient (Wildman–Crippen LogP) is 0.645. The maximum absolute atomic E-state index is 12.6. The van der Waals surface area contributed by atoms with Crippen molar-refractivity contribution < 1.29 is 4.79 Å². The molecule has 98 valence electrons. The lowest BCUT2D eigenvalue weighted by Gasteiger charge is -2.23. The second-order valence-electron chi connectivity index (χ2n) is 5.26. The van der Waals surface area contributed by atoms with Gasteiger partial charge in [-0.15, -0.1) is 0 Å². The van der Waals surface area contributed by atoms with Crippen molar-refractivity contribution in [1.82, 2.24) is 20.0 Å². The van der Waals surface area contributed by atoms with Crippen molar-refractivity contribution in [1.29, 1.82) is 0 Å². The van der Waals surface area contributed by atoms with Crippen molar-refractivity contribution in [2.24, 2.45) is 5.92 Å². The summed E-state index contributed by atoms with van der Waals surface area (Å²) in [5, 5.41) is 7.74. The molecule has 2 saturated heterocycles. The Morgan fingerprint density at radius 2 is 2.39 bits per heavy atom. The molecule has 0 aliphatic carbocycles. The van der Waals surface area contributed by atoms with Crippen molar-refractivity contribution in [2.45, 2.75) is 32.9 Å². The summed E-state index contributed by atoms with van der Waals surface area (Å²) in [5.41, 5.74) is 1.66. The molecular weight excluding hydrogens is 228 g/mol. The first-order valence-electron chi connectivity index (χ1n) is 6.77. The molecule has 0 saturated carbocycles. The smallest absolute Gasteiger partial charge is 0.272 e. The zero-order valence-corrected chi connectivity index (χ0v) is 11.0. The lowest BCUT2D eigenvalue weighted by atomic mass is 10.1. The summed E-state index contributed by atoms with van der Waals surface area (Å²) in [6.07, 6.45) is 1.13. The zero-order chi connectivity index (χ0) is 12.7. The molecule has 0 aromatic carbocycles. The standard InChI is InChI=1S/C13H20N4O/c1-3-17-11(6-9(2)15-17)13(18)16-5-4-10-7-14-8-12(10)16/h6,10,12,14H,3-5,7-8H2,1-2H3/t10-,12+/m0/s1. The number of hydrogen-bond acceptors (Lipinski definition) is 3. The van der Waals surface area contributed by atoms with Crippen molar-refractivity contribution in [2.75, 3.05) is 19.6 Å². The Morgan fingerprint density at radius 1 is 1.56 bits per heavy atom. The normalized spacial score (nSPS) is 26.7. The third kappa shape index (κ3) is 1.73. The Labute approximate surface area is 107 Å². The van der Waals surface area contributed by atoms with Gasteiger partial charge in [-0.25, -0.2) is 0 Å². The highest BCUT2D eigenvalue weighted by molar-refractivity contribution is 5.93. The fourth-order valence-corrected chi connectivity index (χ4v) is 3.21. The van der Waals surface area contributed by atoms with Crippen molar-refractivity contribution in [3.63, 3.8) is 0 Å². The van der Waals surface area contributed by atoms with Crippen LogP contribution in [0.2, 0.25) is 0 Å². The molecule has 2 atom stereocenters. The maximum Gasteiger partial charge on any atom is 0.272 e. The molecule has 5 heteroatoms. The van der Waals surface area contributed by atoms with Gasteiger partial charge in [0.2, 0.25) is 0 Å². The van der Waals surface area contributed by atoms with E-state index in [-0.39, 0.29) is 5.91 Å². The summed E-state index contributed by atoms with van der Waals surface area (Å²) >= 11 is 0. The van der Waals surface area contributed by atoms with Gasteiger partial charge in [0.15, 0.2) is 0 Å². The molecule has 18 heavy (non-hydrogen) atoms. The number of fused-ring (bicyclic) bond motifs is 1. The van der Waals surface area contributed by atoms with Crippen LogP contribution in [0.4, 0.5) is 0 Å². The molecule has 1 aromatic heterocycles. The van der Waals surface area contributed by atoms with Gasteiger partial charge >= 0.3 is 0 Å². The molecule has 1 amide bonds. The average Bonchev–Trinajstić information content (AvgIpc) is 3.01. The minimum absolute atomic E-state index is 0.147. The molecule has 3 heterocycles. The van der Waals surface area contributed by atoms with E-state index in [1.807, 2.05) is 29.5 Å². The summed E-state index contributed by atoms with van der Waals surface area (Å²) in [6.45, 7) is 7.59. The van der Waals surface area contributed by atoms with Gasteiger partial charge in [-0.3, -0.25) is 9.48 Å². The largest absolute Gasteiger partial charge is 0.333 e. The molecule has 2 fully saturated rings. The Kier molecular flexibility index (Phi) is 2.86. The molecule has 5 nitrogen and oxygen atoms in total. The van der Waals surface area contributed by atoms with Gasteiger partial charge < -0.3 is 10.2 Å². The van der Waals surface area contributed by atoms with Crippen LogP contribution in [0, 0.1) is 12.8 Å². The second kappa shape index (κ2) is 4.39. The van der Waals surface area contributed by atoms with E-state index in [9.17, 15) is 4.79 Å². The number of hydrogen-bond donors (Lipinski definition) is 1. The van der Waals surface area contributed by atoms with Crippen LogP contribution in [0.15, 0.2) is 6.07 Å². The van der Waals surface area contributed by atoms with Gasteiger partial charge in [0.1, 0.15) is 5.69 Å². The molecular formula is C13H20N4O. The minimum atomic E-state index is 0.147. The van der Waals surface area contributed by atoms with Gasteiger partial charge in [-0.05, 0) is 32.3 Å². The number of amides is 1. The monoisotopic (exact) mass is 248 g/mol. The lowest BCUT2D eigenvalue weighted by Crippen LogP contribution is -2.40. The molecule has 1 aromatic rings. The zero-order valence-electron chi connectivity index (χ0n) is 11.0. The molecule has 0 unspecified atom stereocenters. The lowest BCUT2D eigenvalue weighted by molar-refractivity contribution is 0.0724. The maximum atomic E-state index is 12.6. The van der Waals surface area contributed by atoms with E-state index in [4.69, 9.17) is 0 Å². The highest BCUT2D eigenvalue weighted by atomic mass is 16.2. The first-order chi connectivity index (χ1) is 8.70. The number of carbonyl (C=O) groups is 1. The molecule has 0 spiro atoms. The van der Waals surface area contributed by atoms with E-state index >= 15 is 0 Å². The fourth-order valence-electron chi connectivity index (χ4n) is 3.21. The summed E-state index contributed by atoms with van der Waals surface area (Å²) in [7, 11) is 0. The Hall–Kier alpha value is -1.36. The molecule has 0 bridgehead atoms. The SMILES string of the molecule is CCn1nc(C)cc1C(=O)N1CC[C@H]2CNC[C@H]21. The van der Waals surface area contributed by atoms with Crippen LogP contribution in [-0.2, 0) is 6.54 Å². The van der Waals surface area contributed by atoms with Gasteiger partial charge in [-0.1, -0.05) is 0 Å². The van der Waals surface area contributed by atoms with Crippen LogP contribution in [0.5, 0.6) is 0 Å². The molecule has 1 N–H and O–H groups in total. The Balaban J connectivity index is 1.85. The molecule has 2 aliphatic rings. The Morgan fingerprint density at radius 3 is 3.17 bits per heavy atom. The van der Waals surface area contributed by atoms with E-state index in [0.29, 0.717) is 12.0 Å². The van der Waals surface area contributed by atoms with E-state index in [2.05, 4.69) is 10.4 Å². The third-order valence-corrected chi connectivity index (χ3v) is 4.13. The number of nitrogens with one attached hydrogen (secondary N) is 1. The van der Waals surface area contributed by atoms with Crippen molar-refractivity contribution in [3.8, 4) is 0 Å². The van der Waals surface area contributed by atoms with Gasteiger partial charge in [0.25, 0.3) is 5.91 Å². The number of aryl methyl sites for hydroxylation is 2. The van der Waals surface area contributed by atoms with Crippen molar-refractivity contribution in [3.05, 3.63) is 17.5 Å². The third-order valence-electron chi connectivity index (χ3n) is 4.13.